The number of fused-ring (bicyclic) bond motifs is 1. The van der Waals surface area contributed by atoms with Crippen molar-refractivity contribution in [3.8, 4) is 15.6 Å². The largest absolute Gasteiger partial charge is 0.495 e. The second-order valence-corrected chi connectivity index (χ2v) is 7.97. The Kier molecular flexibility index (Phi) is 4.52. The zero-order valence-corrected chi connectivity index (χ0v) is 16.1. The Morgan fingerprint density at radius 2 is 1.88 bits per heavy atom. The molecule has 0 fully saturated rings. The molecule has 126 valence electrons. The highest BCUT2D eigenvalue weighted by molar-refractivity contribution is 7.27. The lowest BCUT2D eigenvalue weighted by molar-refractivity contribution is 0.417. The fraction of sp³-hybridized carbons (Fsp3) is 0.0588. The Balaban J connectivity index is 1.69. The quantitative estimate of drug-likeness (QED) is 0.420. The predicted molar refractivity (Wildman–Crippen MR) is 107 cm³/mol. The number of rotatable bonds is 4. The summed E-state index contributed by atoms with van der Waals surface area (Å²) in [4.78, 5) is 0.893. The van der Waals surface area contributed by atoms with Crippen LogP contribution in [0.5, 0.6) is 5.75 Å². The number of ether oxygens (including phenoxy) is 1. The van der Waals surface area contributed by atoms with E-state index in [1.165, 1.54) is 11.3 Å². The third-order valence-corrected chi connectivity index (χ3v) is 6.46. The summed E-state index contributed by atoms with van der Waals surface area (Å²) < 4.78 is 6.41. The van der Waals surface area contributed by atoms with E-state index < -0.39 is 0 Å². The lowest BCUT2D eigenvalue weighted by Gasteiger charge is -2.07. The molecule has 0 atom stereocenters. The van der Waals surface area contributed by atoms with Gasteiger partial charge in [0.15, 0.2) is 5.01 Å². The van der Waals surface area contributed by atoms with Gasteiger partial charge in [-0.25, -0.2) is 0 Å². The van der Waals surface area contributed by atoms with E-state index in [-0.39, 0.29) is 0 Å². The lowest BCUT2D eigenvalue weighted by Crippen LogP contribution is -1.93. The van der Waals surface area contributed by atoms with Gasteiger partial charge in [0.1, 0.15) is 5.75 Å². The SMILES string of the molecule is COc1ccccc1Nc1nnc(-c2sc3ccc(Cl)cc3c2Cl)s1. The van der Waals surface area contributed by atoms with Gasteiger partial charge < -0.3 is 10.1 Å². The van der Waals surface area contributed by atoms with Crippen molar-refractivity contribution in [2.45, 2.75) is 0 Å². The molecule has 25 heavy (non-hydrogen) atoms. The standard InChI is InChI=1S/C17H11Cl2N3OS2/c1-23-12-5-3-2-4-11(12)20-17-22-21-16(25-17)15-14(19)10-8-9(18)6-7-13(10)24-15/h2-8H,1H3,(H,20,22). The van der Waals surface area contributed by atoms with E-state index in [9.17, 15) is 0 Å². The Bertz CT molecular complexity index is 1060. The number of hydrogen-bond acceptors (Lipinski definition) is 6. The van der Waals surface area contributed by atoms with Crippen LogP contribution in [0.3, 0.4) is 0 Å². The fourth-order valence-corrected chi connectivity index (χ4v) is 4.96. The summed E-state index contributed by atoms with van der Waals surface area (Å²) in [6, 6.07) is 13.3. The van der Waals surface area contributed by atoms with E-state index in [1.54, 1.807) is 18.4 Å². The second kappa shape index (κ2) is 6.80. The van der Waals surface area contributed by atoms with Crippen LogP contribution >= 0.6 is 45.9 Å². The van der Waals surface area contributed by atoms with Crippen LogP contribution in [0.25, 0.3) is 20.0 Å². The summed E-state index contributed by atoms with van der Waals surface area (Å²) in [7, 11) is 1.63. The maximum atomic E-state index is 6.53. The molecule has 0 aliphatic heterocycles. The molecule has 2 heterocycles. The van der Waals surface area contributed by atoms with Crippen LogP contribution in [0.15, 0.2) is 42.5 Å². The maximum Gasteiger partial charge on any atom is 0.210 e. The minimum absolute atomic E-state index is 0.655. The van der Waals surface area contributed by atoms with Gasteiger partial charge in [0.25, 0.3) is 0 Å². The molecule has 2 aromatic heterocycles. The van der Waals surface area contributed by atoms with Gasteiger partial charge in [0.2, 0.25) is 5.13 Å². The monoisotopic (exact) mass is 407 g/mol. The molecule has 0 saturated carbocycles. The zero-order valence-electron chi connectivity index (χ0n) is 12.9. The van der Waals surface area contributed by atoms with Crippen LogP contribution in [0, 0.1) is 0 Å². The van der Waals surface area contributed by atoms with E-state index in [0.29, 0.717) is 15.2 Å². The van der Waals surface area contributed by atoms with Gasteiger partial charge in [-0.05, 0) is 30.3 Å². The summed E-state index contributed by atoms with van der Waals surface area (Å²) in [6.45, 7) is 0. The van der Waals surface area contributed by atoms with Crippen molar-refractivity contribution in [1.82, 2.24) is 10.2 Å². The molecular formula is C17H11Cl2N3OS2. The van der Waals surface area contributed by atoms with Crippen LogP contribution in [-0.2, 0) is 0 Å². The van der Waals surface area contributed by atoms with Crippen LogP contribution in [0.2, 0.25) is 10.0 Å². The third-order valence-electron chi connectivity index (χ3n) is 3.56. The van der Waals surface area contributed by atoms with E-state index in [0.717, 1.165) is 31.4 Å². The Labute approximate surface area is 162 Å². The first-order valence-electron chi connectivity index (χ1n) is 7.27. The van der Waals surface area contributed by atoms with E-state index in [2.05, 4.69) is 15.5 Å². The van der Waals surface area contributed by atoms with Crippen LogP contribution < -0.4 is 10.1 Å². The van der Waals surface area contributed by atoms with Gasteiger partial charge in [-0.3, -0.25) is 0 Å². The lowest BCUT2D eigenvalue weighted by atomic mass is 10.2. The van der Waals surface area contributed by atoms with Crippen LogP contribution in [-0.4, -0.2) is 17.3 Å². The van der Waals surface area contributed by atoms with E-state index in [1.807, 2.05) is 42.5 Å². The third kappa shape index (κ3) is 3.18. The summed E-state index contributed by atoms with van der Waals surface area (Å²) >= 11 is 15.6. The zero-order chi connectivity index (χ0) is 17.4. The average molecular weight is 408 g/mol. The molecule has 8 heteroatoms. The van der Waals surface area contributed by atoms with Crippen molar-refractivity contribution in [2.75, 3.05) is 12.4 Å². The molecule has 1 N–H and O–H groups in total. The van der Waals surface area contributed by atoms with Gasteiger partial charge >= 0.3 is 0 Å². The molecular weight excluding hydrogens is 397 g/mol. The van der Waals surface area contributed by atoms with Crippen molar-refractivity contribution < 1.29 is 4.74 Å². The maximum absolute atomic E-state index is 6.53. The Morgan fingerprint density at radius 1 is 1.04 bits per heavy atom. The molecule has 0 spiro atoms. The van der Waals surface area contributed by atoms with Gasteiger partial charge in [-0.1, -0.05) is 46.7 Å². The number of benzene rings is 2. The fourth-order valence-electron chi connectivity index (χ4n) is 2.41. The molecule has 0 radical (unpaired) electrons. The molecule has 0 saturated heterocycles. The molecule has 0 aliphatic rings. The van der Waals surface area contributed by atoms with Crippen LogP contribution in [0.1, 0.15) is 0 Å². The van der Waals surface area contributed by atoms with Gasteiger partial charge in [-0.2, -0.15) is 0 Å². The summed E-state index contributed by atoms with van der Waals surface area (Å²) in [5.74, 6) is 0.744. The molecule has 0 unspecified atom stereocenters. The summed E-state index contributed by atoms with van der Waals surface area (Å²) in [5.41, 5.74) is 0.835. The number of halogens is 2. The Morgan fingerprint density at radius 3 is 2.72 bits per heavy atom. The van der Waals surface area contributed by atoms with Crippen LogP contribution in [0.4, 0.5) is 10.8 Å². The van der Waals surface area contributed by atoms with Crippen molar-refractivity contribution in [3.05, 3.63) is 52.5 Å². The minimum Gasteiger partial charge on any atom is -0.495 e. The number of thiophene rings is 1. The number of nitrogens with one attached hydrogen (secondary N) is 1. The van der Waals surface area contributed by atoms with Gasteiger partial charge in [0, 0.05) is 15.1 Å². The smallest absolute Gasteiger partial charge is 0.210 e. The van der Waals surface area contributed by atoms with E-state index >= 15 is 0 Å². The topological polar surface area (TPSA) is 47.0 Å². The molecule has 4 rings (SSSR count). The van der Waals surface area contributed by atoms with Crippen molar-refractivity contribution in [1.29, 1.82) is 0 Å². The van der Waals surface area contributed by atoms with Crippen molar-refractivity contribution in [2.24, 2.45) is 0 Å². The first-order chi connectivity index (χ1) is 12.2. The number of aromatic nitrogens is 2. The molecule has 0 bridgehead atoms. The number of para-hydroxylation sites is 2. The highest BCUT2D eigenvalue weighted by Crippen LogP contribution is 2.44. The summed E-state index contributed by atoms with van der Waals surface area (Å²) in [6.07, 6.45) is 0. The number of nitrogens with zero attached hydrogens (tertiary/aromatic N) is 2. The highest BCUT2D eigenvalue weighted by Gasteiger charge is 2.17. The minimum atomic E-state index is 0.655. The van der Waals surface area contributed by atoms with Crippen molar-refractivity contribution >= 4 is 66.8 Å². The Hall–Kier alpha value is -1.86. The normalized spacial score (nSPS) is 11.0. The van der Waals surface area contributed by atoms with E-state index in [4.69, 9.17) is 27.9 Å². The predicted octanol–water partition coefficient (Wildman–Crippen LogP) is 6.48. The molecule has 4 aromatic rings. The number of hydrogen-bond donors (Lipinski definition) is 1. The highest BCUT2D eigenvalue weighted by atomic mass is 35.5. The molecule has 0 aliphatic carbocycles. The van der Waals surface area contributed by atoms with Crippen molar-refractivity contribution in [3.63, 3.8) is 0 Å². The second-order valence-electron chi connectivity index (χ2n) is 5.12. The number of anilines is 2. The van der Waals surface area contributed by atoms with Gasteiger partial charge in [0.05, 0.1) is 22.7 Å². The first-order valence-corrected chi connectivity index (χ1v) is 9.66. The molecule has 4 nitrogen and oxygen atoms in total. The molecule has 0 amide bonds. The average Bonchev–Trinajstić information content (AvgIpc) is 3.20. The summed E-state index contributed by atoms with van der Waals surface area (Å²) in [5, 5.41) is 15.4. The van der Waals surface area contributed by atoms with Gasteiger partial charge in [-0.15, -0.1) is 21.5 Å². The number of methoxy groups -OCH3 is 1. The first kappa shape index (κ1) is 16.6. The molecule has 2 aromatic carbocycles.